The van der Waals surface area contributed by atoms with Crippen LogP contribution >= 0.6 is 0 Å². The number of likely N-dealkylation sites (N-methyl/N-ethyl adjacent to an activating group) is 1. The van der Waals surface area contributed by atoms with E-state index in [2.05, 4.69) is 27.0 Å². The fourth-order valence-corrected chi connectivity index (χ4v) is 4.16. The van der Waals surface area contributed by atoms with E-state index in [9.17, 15) is 18.0 Å². The summed E-state index contributed by atoms with van der Waals surface area (Å²) in [7, 11) is 2.21. The minimum Gasteiger partial charge on any atom is -0.475 e. The van der Waals surface area contributed by atoms with Crippen LogP contribution in [0.5, 0.6) is 0 Å². The highest BCUT2D eigenvalue weighted by molar-refractivity contribution is 5.92. The normalized spacial score (nSPS) is 23.6. The second-order valence-electron chi connectivity index (χ2n) is 7.54. The van der Waals surface area contributed by atoms with Gasteiger partial charge in [-0.2, -0.15) is 18.3 Å². The Balaban J connectivity index is 0.000000339. The van der Waals surface area contributed by atoms with Crippen LogP contribution in [0.2, 0.25) is 0 Å². The predicted molar refractivity (Wildman–Crippen MR) is 102 cm³/mol. The number of fused-ring (bicyclic) bond motifs is 1. The van der Waals surface area contributed by atoms with Crippen molar-refractivity contribution in [3.05, 3.63) is 42.7 Å². The van der Waals surface area contributed by atoms with E-state index in [1.807, 2.05) is 28.0 Å². The molecule has 2 saturated heterocycles. The fourth-order valence-electron chi connectivity index (χ4n) is 4.16. The number of aliphatic carboxylic acids is 1. The summed E-state index contributed by atoms with van der Waals surface area (Å²) in [5.41, 5.74) is 0.440. The summed E-state index contributed by atoms with van der Waals surface area (Å²) < 4.78 is 33.7. The van der Waals surface area contributed by atoms with Crippen LogP contribution in [0.4, 0.5) is 13.2 Å². The minimum absolute atomic E-state index is 0.000251. The van der Waals surface area contributed by atoms with Crippen molar-refractivity contribution in [1.29, 1.82) is 0 Å². The second kappa shape index (κ2) is 9.41. The molecule has 1 N–H and O–H groups in total. The highest BCUT2D eigenvalue weighted by atomic mass is 19.4. The summed E-state index contributed by atoms with van der Waals surface area (Å²) in [6, 6.07) is 2.99. The zero-order chi connectivity index (χ0) is 22.6. The van der Waals surface area contributed by atoms with Crippen LogP contribution in [0.1, 0.15) is 23.3 Å². The number of piperidine rings is 1. The number of hydrogen-bond acceptors (Lipinski definition) is 6. The first-order valence-electron chi connectivity index (χ1n) is 9.71. The van der Waals surface area contributed by atoms with Crippen LogP contribution in [-0.2, 0) is 11.3 Å². The van der Waals surface area contributed by atoms with E-state index in [1.165, 1.54) is 0 Å². The van der Waals surface area contributed by atoms with Crippen molar-refractivity contribution in [3.63, 3.8) is 0 Å². The molecular formula is C19H23F3N6O3. The Hall–Kier alpha value is -3.02. The zero-order valence-electron chi connectivity index (χ0n) is 16.8. The van der Waals surface area contributed by atoms with Gasteiger partial charge in [0.2, 0.25) is 0 Å². The summed E-state index contributed by atoms with van der Waals surface area (Å²) in [6.45, 7) is 2.50. The average Bonchev–Trinajstić information content (AvgIpc) is 3.36. The molecule has 2 aliphatic rings. The van der Waals surface area contributed by atoms with Gasteiger partial charge in [-0.3, -0.25) is 19.4 Å². The fraction of sp³-hybridized carbons (Fsp3) is 0.526. The lowest BCUT2D eigenvalue weighted by molar-refractivity contribution is -0.192. The van der Waals surface area contributed by atoms with Gasteiger partial charge in [0, 0.05) is 50.0 Å². The number of carboxylic acids is 1. The molecule has 0 radical (unpaired) electrons. The Morgan fingerprint density at radius 2 is 2.00 bits per heavy atom. The number of amides is 1. The molecule has 0 saturated carbocycles. The van der Waals surface area contributed by atoms with Crippen LogP contribution in [0.15, 0.2) is 37.1 Å². The molecule has 168 valence electrons. The second-order valence-corrected chi connectivity index (χ2v) is 7.54. The topological polar surface area (TPSA) is 104 Å². The first kappa shape index (κ1) is 22.7. The average molecular weight is 440 g/mol. The molecule has 1 amide bonds. The van der Waals surface area contributed by atoms with Crippen molar-refractivity contribution in [2.75, 3.05) is 20.1 Å². The molecule has 0 aliphatic carbocycles. The van der Waals surface area contributed by atoms with Crippen molar-refractivity contribution < 1.29 is 27.9 Å². The summed E-state index contributed by atoms with van der Waals surface area (Å²) in [6.07, 6.45) is 5.59. The van der Waals surface area contributed by atoms with E-state index >= 15 is 0 Å². The lowest BCUT2D eigenvalue weighted by Crippen LogP contribution is -2.48. The first-order valence-corrected chi connectivity index (χ1v) is 9.71. The Labute approximate surface area is 176 Å². The number of rotatable bonds is 3. The SMILES string of the molecule is CN1[C@H](Cn2cccn2)C[C@@H]2CN(C(=O)c3cnccn3)CC[C@@H]21.O=C(O)C(F)(F)F. The van der Waals surface area contributed by atoms with Gasteiger partial charge in [-0.1, -0.05) is 0 Å². The summed E-state index contributed by atoms with van der Waals surface area (Å²) in [4.78, 5) is 34.1. The molecule has 0 bridgehead atoms. The lowest BCUT2D eigenvalue weighted by Gasteiger charge is -2.37. The number of hydrogen-bond donors (Lipinski definition) is 1. The number of carbonyl (C=O) groups excluding carboxylic acids is 1. The molecule has 0 unspecified atom stereocenters. The van der Waals surface area contributed by atoms with Crippen molar-refractivity contribution in [2.45, 2.75) is 37.6 Å². The molecule has 2 aromatic rings. The van der Waals surface area contributed by atoms with Crippen LogP contribution in [0.3, 0.4) is 0 Å². The molecule has 12 heteroatoms. The highest BCUT2D eigenvalue weighted by Crippen LogP contribution is 2.35. The van der Waals surface area contributed by atoms with Gasteiger partial charge >= 0.3 is 12.1 Å². The molecular weight excluding hydrogens is 417 g/mol. The van der Waals surface area contributed by atoms with Crippen LogP contribution in [0, 0.1) is 5.92 Å². The van der Waals surface area contributed by atoms with E-state index in [0.29, 0.717) is 23.7 Å². The quantitative estimate of drug-likeness (QED) is 0.772. The monoisotopic (exact) mass is 440 g/mol. The van der Waals surface area contributed by atoms with Crippen molar-refractivity contribution in [3.8, 4) is 0 Å². The third-order valence-corrected chi connectivity index (χ3v) is 5.64. The maximum absolute atomic E-state index is 12.6. The Morgan fingerprint density at radius 1 is 1.26 bits per heavy atom. The van der Waals surface area contributed by atoms with Gasteiger partial charge in [0.05, 0.1) is 12.7 Å². The summed E-state index contributed by atoms with van der Waals surface area (Å²) >= 11 is 0. The Kier molecular flexibility index (Phi) is 6.88. The van der Waals surface area contributed by atoms with Gasteiger partial charge in [-0.25, -0.2) is 9.78 Å². The van der Waals surface area contributed by atoms with E-state index in [4.69, 9.17) is 9.90 Å². The molecule has 31 heavy (non-hydrogen) atoms. The number of halogens is 3. The smallest absolute Gasteiger partial charge is 0.475 e. The van der Waals surface area contributed by atoms with Gasteiger partial charge in [0.15, 0.2) is 0 Å². The molecule has 2 aliphatic heterocycles. The Morgan fingerprint density at radius 3 is 2.58 bits per heavy atom. The third kappa shape index (κ3) is 5.57. The van der Waals surface area contributed by atoms with Crippen LogP contribution < -0.4 is 0 Å². The zero-order valence-corrected chi connectivity index (χ0v) is 16.8. The number of nitrogens with zero attached hydrogens (tertiary/aromatic N) is 6. The third-order valence-electron chi connectivity index (χ3n) is 5.64. The standard InChI is InChI=1S/C17H22N6O.C2HF3O2/c1-21-14(12-23-7-2-4-20-23)9-13-11-22(8-3-16(13)21)17(24)15-10-18-5-6-19-15;3-2(4,5)1(6)7/h2,4-7,10,13-14,16H,3,8-9,11-12H2,1H3;(H,6,7)/t13-,14+,16+;/m1./s1. The molecule has 4 heterocycles. The largest absolute Gasteiger partial charge is 0.490 e. The molecule has 2 aromatic heterocycles. The van der Waals surface area contributed by atoms with Crippen molar-refractivity contribution >= 4 is 11.9 Å². The maximum Gasteiger partial charge on any atom is 0.490 e. The number of aromatic nitrogens is 4. The molecule has 3 atom stereocenters. The summed E-state index contributed by atoms with van der Waals surface area (Å²) in [5.74, 6) is -2.24. The van der Waals surface area contributed by atoms with Gasteiger partial charge in [0.1, 0.15) is 5.69 Å². The van der Waals surface area contributed by atoms with Gasteiger partial charge in [-0.05, 0) is 31.9 Å². The van der Waals surface area contributed by atoms with Crippen LogP contribution in [0.25, 0.3) is 0 Å². The molecule has 9 nitrogen and oxygen atoms in total. The van der Waals surface area contributed by atoms with Gasteiger partial charge in [0.25, 0.3) is 5.91 Å². The minimum atomic E-state index is -5.08. The van der Waals surface area contributed by atoms with E-state index in [0.717, 1.165) is 32.5 Å². The first-order chi connectivity index (χ1) is 14.7. The number of alkyl halides is 3. The van der Waals surface area contributed by atoms with E-state index in [-0.39, 0.29) is 5.91 Å². The molecule has 2 fully saturated rings. The van der Waals surface area contributed by atoms with E-state index < -0.39 is 12.1 Å². The highest BCUT2D eigenvalue weighted by Gasteiger charge is 2.43. The van der Waals surface area contributed by atoms with Crippen LogP contribution in [-0.4, -0.2) is 84.9 Å². The number of likely N-dealkylation sites (tertiary alicyclic amines) is 2. The number of carbonyl (C=O) groups is 2. The summed E-state index contributed by atoms with van der Waals surface area (Å²) in [5, 5.41) is 11.4. The van der Waals surface area contributed by atoms with E-state index in [1.54, 1.807) is 18.6 Å². The predicted octanol–water partition coefficient (Wildman–Crippen LogP) is 1.54. The molecule has 0 aromatic carbocycles. The maximum atomic E-state index is 12.6. The lowest BCUT2D eigenvalue weighted by atomic mass is 9.92. The van der Waals surface area contributed by atoms with Crippen molar-refractivity contribution in [2.24, 2.45) is 5.92 Å². The van der Waals surface area contributed by atoms with Gasteiger partial charge < -0.3 is 10.0 Å². The molecule has 0 spiro atoms. The number of carboxylic acid groups (broad SMARTS) is 1. The Bertz CT molecular complexity index is 878. The molecule has 4 rings (SSSR count). The van der Waals surface area contributed by atoms with Gasteiger partial charge in [-0.15, -0.1) is 0 Å². The van der Waals surface area contributed by atoms with Crippen molar-refractivity contribution in [1.82, 2.24) is 29.5 Å².